The van der Waals surface area contributed by atoms with Crippen molar-refractivity contribution >= 4 is 22.4 Å². The molecule has 2 heterocycles. The minimum absolute atomic E-state index is 0.284. The Morgan fingerprint density at radius 2 is 2.40 bits per heavy atom. The maximum atomic E-state index is 10.8. The van der Waals surface area contributed by atoms with Gasteiger partial charge >= 0.3 is 5.97 Å². The van der Waals surface area contributed by atoms with Crippen molar-refractivity contribution in [2.45, 2.75) is 19.4 Å². The standard InChI is InChI=1S/C9H12N2O3S/c1-5-7(8(13)14)15-9(10-5)11-3-2-6(12)4-11/h6,12H,2-4H2,1H3,(H,13,14)/t6-/m0/s1. The van der Waals surface area contributed by atoms with Crippen molar-refractivity contribution < 1.29 is 15.0 Å². The highest BCUT2D eigenvalue weighted by molar-refractivity contribution is 7.17. The van der Waals surface area contributed by atoms with E-state index in [0.29, 0.717) is 17.4 Å². The Labute approximate surface area is 91.0 Å². The smallest absolute Gasteiger partial charge is 0.347 e. The van der Waals surface area contributed by atoms with Crippen LogP contribution in [0.1, 0.15) is 21.8 Å². The molecule has 0 bridgehead atoms. The van der Waals surface area contributed by atoms with Crippen LogP contribution in [0.5, 0.6) is 0 Å². The molecule has 6 heteroatoms. The van der Waals surface area contributed by atoms with E-state index in [9.17, 15) is 9.90 Å². The van der Waals surface area contributed by atoms with E-state index in [4.69, 9.17) is 5.11 Å². The summed E-state index contributed by atoms with van der Waals surface area (Å²) in [6.45, 7) is 2.98. The summed E-state index contributed by atoms with van der Waals surface area (Å²) in [5.41, 5.74) is 0.545. The molecule has 1 aliphatic heterocycles. The number of β-amino-alcohol motifs (C(OH)–C–C–N with tert-alkyl or cyclic N) is 1. The molecule has 0 unspecified atom stereocenters. The number of hydrogen-bond donors (Lipinski definition) is 2. The fourth-order valence-corrected chi connectivity index (χ4v) is 2.57. The molecule has 0 aromatic carbocycles. The van der Waals surface area contributed by atoms with Crippen molar-refractivity contribution in [3.05, 3.63) is 10.6 Å². The second kappa shape index (κ2) is 3.79. The van der Waals surface area contributed by atoms with Gasteiger partial charge in [-0.15, -0.1) is 0 Å². The van der Waals surface area contributed by atoms with Gasteiger partial charge in [0.05, 0.1) is 11.8 Å². The first kappa shape index (κ1) is 10.4. The van der Waals surface area contributed by atoms with Crippen LogP contribution >= 0.6 is 11.3 Å². The molecule has 0 spiro atoms. The van der Waals surface area contributed by atoms with E-state index in [1.807, 2.05) is 4.90 Å². The molecule has 1 aromatic heterocycles. The molecule has 15 heavy (non-hydrogen) atoms. The predicted octanol–water partition coefficient (Wildman–Crippen LogP) is 0.721. The molecule has 5 nitrogen and oxygen atoms in total. The molecule has 82 valence electrons. The van der Waals surface area contributed by atoms with E-state index in [1.54, 1.807) is 6.92 Å². The summed E-state index contributed by atoms with van der Waals surface area (Å²) >= 11 is 1.17. The topological polar surface area (TPSA) is 73.7 Å². The predicted molar refractivity (Wildman–Crippen MR) is 56.6 cm³/mol. The van der Waals surface area contributed by atoms with Crippen LogP contribution in [0.2, 0.25) is 0 Å². The minimum Gasteiger partial charge on any atom is -0.477 e. The summed E-state index contributed by atoms with van der Waals surface area (Å²) in [4.78, 5) is 17.2. The number of aliphatic hydroxyl groups excluding tert-OH is 1. The Hall–Kier alpha value is -1.14. The second-order valence-corrected chi connectivity index (χ2v) is 4.58. The number of hydrogen-bond acceptors (Lipinski definition) is 5. The van der Waals surface area contributed by atoms with Gasteiger partial charge in [0.25, 0.3) is 0 Å². The van der Waals surface area contributed by atoms with Gasteiger partial charge in [0.15, 0.2) is 5.13 Å². The number of carboxylic acid groups (broad SMARTS) is 1. The fraction of sp³-hybridized carbons (Fsp3) is 0.556. The lowest BCUT2D eigenvalue weighted by Crippen LogP contribution is -2.20. The normalized spacial score (nSPS) is 20.9. The number of aryl methyl sites for hydroxylation is 1. The number of nitrogens with zero attached hydrogens (tertiary/aromatic N) is 2. The lowest BCUT2D eigenvalue weighted by atomic mass is 10.3. The van der Waals surface area contributed by atoms with Crippen LogP contribution in [0.3, 0.4) is 0 Å². The molecule has 1 atom stereocenters. The summed E-state index contributed by atoms with van der Waals surface area (Å²) < 4.78 is 0. The molecule has 0 aliphatic carbocycles. The Morgan fingerprint density at radius 3 is 2.87 bits per heavy atom. The summed E-state index contributed by atoms with van der Waals surface area (Å²) in [5.74, 6) is -0.934. The molecule has 1 aliphatic rings. The van der Waals surface area contributed by atoms with Crippen LogP contribution in [-0.2, 0) is 0 Å². The number of carbonyl (C=O) groups is 1. The van der Waals surface area contributed by atoms with Crippen LogP contribution in [0.25, 0.3) is 0 Å². The summed E-state index contributed by atoms with van der Waals surface area (Å²) in [6.07, 6.45) is 0.406. The van der Waals surface area contributed by atoms with Crippen molar-refractivity contribution in [3.63, 3.8) is 0 Å². The van der Waals surface area contributed by atoms with Gasteiger partial charge in [-0.3, -0.25) is 0 Å². The molecular formula is C9H12N2O3S. The molecule has 2 N–H and O–H groups in total. The number of thiazole rings is 1. The Bertz CT molecular complexity index is 391. The lowest BCUT2D eigenvalue weighted by molar-refractivity contribution is 0.0701. The number of rotatable bonds is 2. The second-order valence-electron chi connectivity index (χ2n) is 3.60. The monoisotopic (exact) mass is 228 g/mol. The van der Waals surface area contributed by atoms with Crippen molar-refractivity contribution in [3.8, 4) is 0 Å². The maximum Gasteiger partial charge on any atom is 0.347 e. The average Bonchev–Trinajstić information content (AvgIpc) is 2.71. The van der Waals surface area contributed by atoms with Gasteiger partial charge < -0.3 is 15.1 Å². The highest BCUT2D eigenvalue weighted by Crippen LogP contribution is 2.28. The molecule has 1 fully saturated rings. The quantitative estimate of drug-likeness (QED) is 0.780. The third-order valence-electron chi connectivity index (χ3n) is 2.41. The van der Waals surface area contributed by atoms with E-state index in [0.717, 1.165) is 13.0 Å². The molecule has 0 saturated carbocycles. The number of aromatic nitrogens is 1. The van der Waals surface area contributed by atoms with Gasteiger partial charge in [-0.2, -0.15) is 0 Å². The van der Waals surface area contributed by atoms with Crippen molar-refractivity contribution in [1.82, 2.24) is 4.98 Å². The van der Waals surface area contributed by atoms with Crippen LogP contribution in [0.15, 0.2) is 0 Å². The van der Waals surface area contributed by atoms with Gasteiger partial charge in [-0.25, -0.2) is 9.78 Å². The first-order valence-electron chi connectivity index (χ1n) is 4.71. The average molecular weight is 228 g/mol. The van der Waals surface area contributed by atoms with Gasteiger partial charge in [0.1, 0.15) is 4.88 Å². The number of aromatic carboxylic acids is 1. The van der Waals surface area contributed by atoms with E-state index in [-0.39, 0.29) is 11.0 Å². The van der Waals surface area contributed by atoms with Gasteiger partial charge in [0.2, 0.25) is 0 Å². The SMILES string of the molecule is Cc1nc(N2CC[C@H](O)C2)sc1C(=O)O. The largest absolute Gasteiger partial charge is 0.477 e. The van der Waals surface area contributed by atoms with Gasteiger partial charge in [-0.1, -0.05) is 11.3 Å². The Morgan fingerprint density at radius 1 is 1.67 bits per heavy atom. The summed E-state index contributed by atoms with van der Waals surface area (Å²) in [5, 5.41) is 18.9. The van der Waals surface area contributed by atoms with Crippen LogP contribution in [0.4, 0.5) is 5.13 Å². The fourth-order valence-electron chi connectivity index (χ4n) is 1.63. The zero-order valence-electron chi connectivity index (χ0n) is 8.30. The molecule has 0 radical (unpaired) electrons. The third-order valence-corrected chi connectivity index (χ3v) is 3.62. The number of carboxylic acids is 1. The summed E-state index contributed by atoms with van der Waals surface area (Å²) in [7, 11) is 0. The Balaban J connectivity index is 2.23. The molecule has 1 aromatic rings. The molecule has 1 saturated heterocycles. The van der Waals surface area contributed by atoms with E-state index >= 15 is 0 Å². The van der Waals surface area contributed by atoms with Crippen molar-refractivity contribution in [1.29, 1.82) is 0 Å². The van der Waals surface area contributed by atoms with Crippen LogP contribution in [0, 0.1) is 6.92 Å². The zero-order valence-corrected chi connectivity index (χ0v) is 9.12. The lowest BCUT2D eigenvalue weighted by Gasteiger charge is -2.12. The van der Waals surface area contributed by atoms with Crippen molar-refractivity contribution in [2.75, 3.05) is 18.0 Å². The van der Waals surface area contributed by atoms with Crippen molar-refractivity contribution in [2.24, 2.45) is 0 Å². The van der Waals surface area contributed by atoms with Gasteiger partial charge in [-0.05, 0) is 13.3 Å². The highest BCUT2D eigenvalue weighted by Gasteiger charge is 2.24. The molecule has 2 rings (SSSR count). The maximum absolute atomic E-state index is 10.8. The first-order valence-corrected chi connectivity index (χ1v) is 5.53. The third kappa shape index (κ3) is 1.95. The summed E-state index contributed by atoms with van der Waals surface area (Å²) in [6, 6.07) is 0. The molecular weight excluding hydrogens is 216 g/mol. The number of aliphatic hydroxyl groups is 1. The molecule has 0 amide bonds. The Kier molecular flexibility index (Phi) is 2.62. The van der Waals surface area contributed by atoms with Crippen LogP contribution < -0.4 is 4.90 Å². The minimum atomic E-state index is -0.934. The zero-order chi connectivity index (χ0) is 11.0. The highest BCUT2D eigenvalue weighted by atomic mass is 32.1. The first-order chi connectivity index (χ1) is 7.08. The van der Waals surface area contributed by atoms with E-state index in [1.165, 1.54) is 11.3 Å². The van der Waals surface area contributed by atoms with Crippen LogP contribution in [-0.4, -0.2) is 40.4 Å². The number of anilines is 1. The van der Waals surface area contributed by atoms with E-state index < -0.39 is 5.97 Å². The van der Waals surface area contributed by atoms with Gasteiger partial charge in [0, 0.05) is 13.1 Å². The van der Waals surface area contributed by atoms with E-state index in [2.05, 4.69) is 4.98 Å².